The van der Waals surface area contributed by atoms with Crippen molar-refractivity contribution in [2.45, 2.75) is 13.0 Å². The van der Waals surface area contributed by atoms with Gasteiger partial charge in [-0.15, -0.1) is 0 Å². The van der Waals surface area contributed by atoms with E-state index in [1.807, 2.05) is 13.0 Å². The van der Waals surface area contributed by atoms with Gasteiger partial charge in [0.1, 0.15) is 5.82 Å². The molecule has 0 aliphatic rings. The van der Waals surface area contributed by atoms with Crippen molar-refractivity contribution in [3.8, 4) is 6.07 Å². The molecule has 2 aromatic rings. The maximum Gasteiger partial charge on any atom is 0.128 e. The van der Waals surface area contributed by atoms with Crippen molar-refractivity contribution in [2.75, 3.05) is 19.0 Å². The monoisotopic (exact) mass is 275 g/mol. The summed E-state index contributed by atoms with van der Waals surface area (Å²) in [6.45, 7) is 2.59. The fourth-order valence-corrected chi connectivity index (χ4v) is 1.88. The highest BCUT2D eigenvalue weighted by molar-refractivity contribution is 6.31. The molecule has 0 aliphatic heterocycles. The highest BCUT2D eigenvalue weighted by atomic mass is 35.5. The third kappa shape index (κ3) is 3.14. The number of hydrogen-bond acceptors (Lipinski definition) is 4. The quantitative estimate of drug-likeness (QED) is 0.931. The summed E-state index contributed by atoms with van der Waals surface area (Å²) in [5, 5.41) is 13.7. The van der Waals surface area contributed by atoms with E-state index < -0.39 is 0 Å². The maximum atomic E-state index is 9.20. The van der Waals surface area contributed by atoms with E-state index in [1.54, 1.807) is 25.3 Å². The van der Waals surface area contributed by atoms with E-state index in [0.717, 1.165) is 10.9 Å². The standard InChI is InChI=1S/C14H14ClN3O/c1-9(19-2)8-17-14-5-10(7-16)12-6-11(15)3-4-13(12)18-14/h3-6,9H,8H2,1-2H3,(H,17,18). The number of methoxy groups -OCH3 is 1. The van der Waals surface area contributed by atoms with Crippen LogP contribution in [-0.4, -0.2) is 24.7 Å². The Bertz CT molecular complexity index is 636. The van der Waals surface area contributed by atoms with E-state index in [-0.39, 0.29) is 6.10 Å². The number of pyridine rings is 1. The van der Waals surface area contributed by atoms with E-state index >= 15 is 0 Å². The summed E-state index contributed by atoms with van der Waals surface area (Å²) in [6, 6.07) is 9.22. The van der Waals surface area contributed by atoms with E-state index in [2.05, 4.69) is 16.4 Å². The van der Waals surface area contributed by atoms with E-state index in [4.69, 9.17) is 16.3 Å². The lowest BCUT2D eigenvalue weighted by Gasteiger charge is -2.12. The molecule has 5 heteroatoms. The number of benzene rings is 1. The number of halogens is 1. The second kappa shape index (κ2) is 5.87. The van der Waals surface area contributed by atoms with E-state index in [0.29, 0.717) is 22.9 Å². The summed E-state index contributed by atoms with van der Waals surface area (Å²) < 4.78 is 5.16. The summed E-state index contributed by atoms with van der Waals surface area (Å²) in [5.74, 6) is 0.662. The van der Waals surface area contributed by atoms with Crippen LogP contribution in [0.5, 0.6) is 0 Å². The first kappa shape index (κ1) is 13.6. The lowest BCUT2D eigenvalue weighted by atomic mass is 10.1. The molecule has 19 heavy (non-hydrogen) atoms. The average molecular weight is 276 g/mol. The Morgan fingerprint density at radius 3 is 2.95 bits per heavy atom. The number of fused-ring (bicyclic) bond motifs is 1. The van der Waals surface area contributed by atoms with Crippen LogP contribution in [0.15, 0.2) is 24.3 Å². The zero-order chi connectivity index (χ0) is 13.8. The van der Waals surface area contributed by atoms with Crippen molar-refractivity contribution in [1.29, 1.82) is 5.26 Å². The van der Waals surface area contributed by atoms with E-state index in [9.17, 15) is 5.26 Å². The number of anilines is 1. The molecular weight excluding hydrogens is 262 g/mol. The van der Waals surface area contributed by atoms with Gasteiger partial charge in [-0.1, -0.05) is 11.6 Å². The van der Waals surface area contributed by atoms with Crippen LogP contribution in [0, 0.1) is 11.3 Å². The van der Waals surface area contributed by atoms with Gasteiger partial charge in [0.2, 0.25) is 0 Å². The van der Waals surface area contributed by atoms with Crippen molar-refractivity contribution in [1.82, 2.24) is 4.98 Å². The first-order valence-electron chi connectivity index (χ1n) is 5.91. The van der Waals surface area contributed by atoms with Crippen LogP contribution in [0.2, 0.25) is 5.02 Å². The van der Waals surface area contributed by atoms with Crippen LogP contribution in [0.3, 0.4) is 0 Å². The molecular formula is C14H14ClN3O. The van der Waals surface area contributed by atoms with Crippen molar-refractivity contribution >= 4 is 28.3 Å². The second-order valence-electron chi connectivity index (χ2n) is 4.26. The Morgan fingerprint density at radius 2 is 2.26 bits per heavy atom. The highest BCUT2D eigenvalue weighted by Crippen LogP contribution is 2.23. The van der Waals surface area contributed by atoms with Crippen molar-refractivity contribution in [2.24, 2.45) is 0 Å². The lowest BCUT2D eigenvalue weighted by Crippen LogP contribution is -2.18. The number of nitriles is 1. The molecule has 2 rings (SSSR count). The molecule has 0 saturated carbocycles. The zero-order valence-corrected chi connectivity index (χ0v) is 11.5. The predicted molar refractivity (Wildman–Crippen MR) is 76.4 cm³/mol. The van der Waals surface area contributed by atoms with Gasteiger partial charge in [-0.3, -0.25) is 0 Å². The summed E-state index contributed by atoms with van der Waals surface area (Å²) in [7, 11) is 1.66. The Hall–Kier alpha value is -1.83. The minimum atomic E-state index is 0.0771. The fourth-order valence-electron chi connectivity index (χ4n) is 1.71. The summed E-state index contributed by atoms with van der Waals surface area (Å²) in [4.78, 5) is 4.45. The van der Waals surface area contributed by atoms with Crippen molar-refractivity contribution in [3.05, 3.63) is 34.9 Å². The first-order valence-corrected chi connectivity index (χ1v) is 6.29. The Kier molecular flexibility index (Phi) is 4.20. The third-order valence-corrected chi connectivity index (χ3v) is 3.10. The predicted octanol–water partition coefficient (Wildman–Crippen LogP) is 3.21. The Balaban J connectivity index is 2.37. The maximum absolute atomic E-state index is 9.20. The molecule has 0 radical (unpaired) electrons. The third-order valence-electron chi connectivity index (χ3n) is 2.86. The molecule has 0 bridgehead atoms. The van der Waals surface area contributed by atoms with Crippen molar-refractivity contribution in [3.63, 3.8) is 0 Å². The Morgan fingerprint density at radius 1 is 1.47 bits per heavy atom. The largest absolute Gasteiger partial charge is 0.380 e. The lowest BCUT2D eigenvalue weighted by molar-refractivity contribution is 0.128. The van der Waals surface area contributed by atoms with Crippen molar-refractivity contribution < 1.29 is 4.74 Å². The van der Waals surface area contributed by atoms with Gasteiger partial charge in [-0.05, 0) is 31.2 Å². The van der Waals surface area contributed by atoms with Crippen LogP contribution in [-0.2, 0) is 4.74 Å². The van der Waals surface area contributed by atoms with Gasteiger partial charge in [-0.2, -0.15) is 5.26 Å². The topological polar surface area (TPSA) is 57.9 Å². The second-order valence-corrected chi connectivity index (χ2v) is 4.69. The van der Waals surface area contributed by atoms with Gasteiger partial charge < -0.3 is 10.1 Å². The molecule has 0 aliphatic carbocycles. The van der Waals surface area contributed by atoms with Gasteiger partial charge in [0.25, 0.3) is 0 Å². The summed E-state index contributed by atoms with van der Waals surface area (Å²) in [6.07, 6.45) is 0.0771. The molecule has 0 saturated heterocycles. The molecule has 0 fully saturated rings. The van der Waals surface area contributed by atoms with Crippen LogP contribution in [0.25, 0.3) is 10.9 Å². The average Bonchev–Trinajstić information content (AvgIpc) is 2.43. The normalized spacial score (nSPS) is 12.1. The minimum Gasteiger partial charge on any atom is -0.380 e. The number of rotatable bonds is 4. The molecule has 1 aromatic heterocycles. The van der Waals surface area contributed by atoms with Crippen LogP contribution in [0.4, 0.5) is 5.82 Å². The highest BCUT2D eigenvalue weighted by Gasteiger charge is 2.07. The molecule has 1 heterocycles. The van der Waals surface area contributed by atoms with E-state index in [1.165, 1.54) is 0 Å². The van der Waals surface area contributed by atoms with Gasteiger partial charge in [0, 0.05) is 24.1 Å². The molecule has 1 atom stereocenters. The van der Waals surface area contributed by atoms with Gasteiger partial charge in [0.05, 0.1) is 23.3 Å². The fraction of sp³-hybridized carbons (Fsp3) is 0.286. The molecule has 98 valence electrons. The zero-order valence-electron chi connectivity index (χ0n) is 10.8. The number of hydrogen-bond donors (Lipinski definition) is 1. The Labute approximate surface area is 117 Å². The summed E-state index contributed by atoms with van der Waals surface area (Å²) in [5.41, 5.74) is 1.30. The van der Waals surface area contributed by atoms with Gasteiger partial charge >= 0.3 is 0 Å². The molecule has 0 amide bonds. The van der Waals surface area contributed by atoms with Gasteiger partial charge in [-0.25, -0.2) is 4.98 Å². The number of nitrogens with one attached hydrogen (secondary N) is 1. The molecule has 1 aromatic carbocycles. The van der Waals surface area contributed by atoms with Gasteiger partial charge in [0.15, 0.2) is 0 Å². The van der Waals surface area contributed by atoms with Crippen LogP contribution >= 0.6 is 11.6 Å². The van der Waals surface area contributed by atoms with Crippen LogP contribution < -0.4 is 5.32 Å². The molecule has 1 N–H and O–H groups in total. The smallest absolute Gasteiger partial charge is 0.128 e. The number of aromatic nitrogens is 1. The minimum absolute atomic E-state index is 0.0771. The first-order chi connectivity index (χ1) is 9.13. The number of nitrogens with zero attached hydrogens (tertiary/aromatic N) is 2. The SMILES string of the molecule is COC(C)CNc1cc(C#N)c2cc(Cl)ccc2n1. The molecule has 4 nitrogen and oxygen atoms in total. The molecule has 0 spiro atoms. The number of ether oxygens (including phenoxy) is 1. The summed E-state index contributed by atoms with van der Waals surface area (Å²) >= 11 is 5.94. The molecule has 1 unspecified atom stereocenters. The van der Waals surface area contributed by atoms with Crippen LogP contribution in [0.1, 0.15) is 12.5 Å².